The molecule has 0 N–H and O–H groups in total. The fourth-order valence-corrected chi connectivity index (χ4v) is 4.52. The Bertz CT molecular complexity index is 350. The van der Waals surface area contributed by atoms with Crippen molar-refractivity contribution in [2.75, 3.05) is 41.9 Å². The zero-order valence-corrected chi connectivity index (χ0v) is 19.8. The lowest BCUT2D eigenvalue weighted by atomic mass is 10.4. The van der Waals surface area contributed by atoms with Crippen LogP contribution in [0.4, 0.5) is 0 Å². The first kappa shape index (κ1) is 28.2. The molecule has 1 unspecified atom stereocenters. The van der Waals surface area contributed by atoms with E-state index < -0.39 is 0 Å². The van der Waals surface area contributed by atoms with Crippen molar-refractivity contribution >= 4 is 43.9 Å². The molecule has 0 fully saturated rings. The molecule has 0 aliphatic rings. The summed E-state index contributed by atoms with van der Waals surface area (Å²) in [6.07, 6.45) is 11.9. The quantitative estimate of drug-likeness (QED) is 0.136. The maximum Gasteiger partial charge on any atom is 0.302 e. The van der Waals surface area contributed by atoms with Crippen LogP contribution in [0.2, 0.25) is 0 Å². The van der Waals surface area contributed by atoms with Crippen LogP contribution in [0.5, 0.6) is 0 Å². The highest BCUT2D eigenvalue weighted by atomic mass is 32.2. The van der Waals surface area contributed by atoms with Gasteiger partial charge in [0.2, 0.25) is 0 Å². The Hall–Kier alpha value is 0.01000. The molecule has 0 spiro atoms. The molecule has 0 saturated carbocycles. The van der Waals surface area contributed by atoms with E-state index in [0.29, 0.717) is 18.1 Å². The molecule has 0 rings (SSSR count). The Morgan fingerprint density at radius 3 is 2.42 bits per heavy atom. The lowest BCUT2D eigenvalue weighted by molar-refractivity contribution is -0.141. The van der Waals surface area contributed by atoms with Gasteiger partial charge >= 0.3 is 5.97 Å². The van der Waals surface area contributed by atoms with E-state index in [-0.39, 0.29) is 5.97 Å². The highest BCUT2D eigenvalue weighted by molar-refractivity contribution is 8.00. The number of carbonyl (C=O) groups is 2. The smallest absolute Gasteiger partial charge is 0.302 e. The number of ketones is 1. The molecule has 0 aromatic carbocycles. The van der Waals surface area contributed by atoms with Crippen LogP contribution < -0.4 is 0 Å². The second-order valence-electron chi connectivity index (χ2n) is 5.79. The van der Waals surface area contributed by atoms with Crippen LogP contribution in [0, 0.1) is 0 Å². The minimum absolute atomic E-state index is 0.170. The molecule has 0 aliphatic heterocycles. The Balaban J connectivity index is 0. The molecule has 0 heterocycles. The minimum atomic E-state index is -0.170. The predicted molar refractivity (Wildman–Crippen MR) is 124 cm³/mol. The molecule has 154 valence electrons. The van der Waals surface area contributed by atoms with Gasteiger partial charge in [0.15, 0.2) is 0 Å². The van der Waals surface area contributed by atoms with Gasteiger partial charge in [-0.2, -0.15) is 23.5 Å². The number of allylic oxidation sites excluding steroid dienone is 2. The summed E-state index contributed by atoms with van der Waals surface area (Å²) in [5.74, 6) is 4.49. The van der Waals surface area contributed by atoms with Crippen molar-refractivity contribution in [3.63, 3.8) is 0 Å². The van der Waals surface area contributed by atoms with Gasteiger partial charge in [0.05, 0.1) is 12.4 Å². The van der Waals surface area contributed by atoms with Crippen LogP contribution in [0.3, 0.4) is 0 Å². The first-order chi connectivity index (χ1) is 12.6. The van der Waals surface area contributed by atoms with Gasteiger partial charge in [0.25, 0.3) is 0 Å². The summed E-state index contributed by atoms with van der Waals surface area (Å²) in [5.41, 5.74) is 0. The Labute approximate surface area is 172 Å². The zero-order chi connectivity index (χ0) is 19.9. The Morgan fingerprint density at radius 2 is 1.81 bits per heavy atom. The topological polar surface area (TPSA) is 43.4 Å². The van der Waals surface area contributed by atoms with E-state index in [1.54, 1.807) is 11.8 Å². The van der Waals surface area contributed by atoms with Crippen molar-refractivity contribution in [2.45, 2.75) is 59.8 Å². The number of rotatable bonds is 16. The summed E-state index contributed by atoms with van der Waals surface area (Å²) in [7, 11) is 0.848. The van der Waals surface area contributed by atoms with Gasteiger partial charge in [-0.1, -0.05) is 32.4 Å². The summed E-state index contributed by atoms with van der Waals surface area (Å²) in [5, 5.41) is 0. The monoisotopic (exact) mass is 422 g/mol. The molecular weight excluding hydrogens is 383 g/mol. The highest BCUT2D eigenvalue weighted by Crippen LogP contribution is 2.13. The van der Waals surface area contributed by atoms with Gasteiger partial charge in [0.1, 0.15) is 5.78 Å². The number of hydrogen-bond acceptors (Lipinski definition) is 5. The standard InChI is InChI=1S/C11H21OPS.C9H18O2S/c1-3-5-6-8-14-10-11(12)9-13-7-4-2;1-3-7-12-8-5-4-6-11-9(2)10/h3,5,13H,4,6-10H2,1-2H3;3-8H2,1-2H3. The van der Waals surface area contributed by atoms with Crippen LogP contribution in [-0.2, 0) is 14.3 Å². The first-order valence-electron chi connectivity index (χ1n) is 9.70. The summed E-state index contributed by atoms with van der Waals surface area (Å²) >= 11 is 3.73. The third-order valence-corrected chi connectivity index (χ3v) is 6.84. The number of hydrogen-bond donors (Lipinski definition) is 0. The van der Waals surface area contributed by atoms with Crippen molar-refractivity contribution in [2.24, 2.45) is 0 Å². The summed E-state index contributed by atoms with van der Waals surface area (Å²) in [6, 6.07) is 0. The summed E-state index contributed by atoms with van der Waals surface area (Å²) in [6.45, 7) is 8.42. The molecule has 1 atom stereocenters. The number of carbonyl (C=O) groups excluding carboxylic acids is 2. The molecule has 0 bridgehead atoms. The Kier molecular flexibility index (Phi) is 27.1. The molecule has 26 heavy (non-hydrogen) atoms. The average Bonchev–Trinajstić information content (AvgIpc) is 2.61. The number of ether oxygens (including phenoxy) is 1. The second-order valence-corrected chi connectivity index (χ2v) is 9.47. The lowest BCUT2D eigenvalue weighted by Gasteiger charge is -2.01. The maximum absolute atomic E-state index is 11.3. The number of thioether (sulfide) groups is 2. The first-order valence-corrected chi connectivity index (χ1v) is 13.4. The van der Waals surface area contributed by atoms with Crippen molar-refractivity contribution in [1.29, 1.82) is 0 Å². The van der Waals surface area contributed by atoms with E-state index in [9.17, 15) is 9.59 Å². The average molecular weight is 423 g/mol. The fraction of sp³-hybridized carbons (Fsp3) is 0.800. The molecule has 0 saturated heterocycles. The molecule has 3 nitrogen and oxygen atoms in total. The van der Waals surface area contributed by atoms with Gasteiger partial charge in [-0.15, -0.1) is 8.58 Å². The van der Waals surface area contributed by atoms with Crippen LogP contribution in [0.15, 0.2) is 12.2 Å². The SMILES string of the molecule is CC=CCCSCC(=O)CPCCC.CCCSCCCCOC(C)=O. The second kappa shape index (κ2) is 25.0. The molecule has 6 heteroatoms. The predicted octanol–water partition coefficient (Wildman–Crippen LogP) is 5.82. The van der Waals surface area contributed by atoms with E-state index in [1.165, 1.54) is 37.4 Å². The van der Waals surface area contributed by atoms with E-state index in [0.717, 1.165) is 39.8 Å². The third-order valence-electron chi connectivity index (χ3n) is 3.01. The van der Waals surface area contributed by atoms with Crippen LogP contribution in [0.1, 0.15) is 59.8 Å². The van der Waals surface area contributed by atoms with Crippen molar-refractivity contribution in [3.8, 4) is 0 Å². The number of Topliss-reactive ketones (excluding diaryl/α,β-unsaturated/α-hetero) is 1. The van der Waals surface area contributed by atoms with Gasteiger partial charge in [-0.25, -0.2) is 0 Å². The molecule has 0 aliphatic carbocycles. The van der Waals surface area contributed by atoms with Crippen LogP contribution >= 0.6 is 32.1 Å². The third kappa shape index (κ3) is 28.8. The van der Waals surface area contributed by atoms with Crippen molar-refractivity contribution in [3.05, 3.63) is 12.2 Å². The largest absolute Gasteiger partial charge is 0.466 e. The molecular formula is C20H39O3PS2. The van der Waals surface area contributed by atoms with Crippen LogP contribution in [-0.4, -0.2) is 53.7 Å². The lowest BCUT2D eigenvalue weighted by Crippen LogP contribution is -2.04. The van der Waals surface area contributed by atoms with Gasteiger partial charge in [-0.05, 0) is 56.0 Å². The van der Waals surface area contributed by atoms with Gasteiger partial charge in [0, 0.05) is 13.1 Å². The Morgan fingerprint density at radius 1 is 1.04 bits per heavy atom. The number of unbranched alkanes of at least 4 members (excludes halogenated alkanes) is 1. The van der Waals surface area contributed by atoms with Crippen molar-refractivity contribution < 1.29 is 14.3 Å². The fourth-order valence-electron chi connectivity index (χ4n) is 1.73. The van der Waals surface area contributed by atoms with E-state index in [2.05, 4.69) is 26.0 Å². The highest BCUT2D eigenvalue weighted by Gasteiger charge is 2.00. The van der Waals surface area contributed by atoms with Crippen molar-refractivity contribution in [1.82, 2.24) is 0 Å². The maximum atomic E-state index is 11.3. The number of esters is 1. The normalized spacial score (nSPS) is 10.9. The van der Waals surface area contributed by atoms with E-state index >= 15 is 0 Å². The zero-order valence-electron chi connectivity index (χ0n) is 17.2. The molecule has 0 aromatic rings. The van der Waals surface area contributed by atoms with Gasteiger partial charge < -0.3 is 4.74 Å². The molecule has 0 aromatic heterocycles. The minimum Gasteiger partial charge on any atom is -0.466 e. The molecule has 0 radical (unpaired) electrons. The summed E-state index contributed by atoms with van der Waals surface area (Å²) < 4.78 is 4.80. The van der Waals surface area contributed by atoms with Gasteiger partial charge in [-0.3, -0.25) is 9.59 Å². The van der Waals surface area contributed by atoms with E-state index in [1.807, 2.05) is 18.7 Å². The van der Waals surface area contributed by atoms with E-state index in [4.69, 9.17) is 4.74 Å². The molecule has 0 amide bonds. The summed E-state index contributed by atoms with van der Waals surface area (Å²) in [4.78, 5) is 21.7. The van der Waals surface area contributed by atoms with Crippen LogP contribution in [0.25, 0.3) is 0 Å².